The van der Waals surface area contributed by atoms with Gasteiger partial charge in [0, 0.05) is 12.1 Å². The van der Waals surface area contributed by atoms with Crippen LogP contribution in [0.1, 0.15) is 39.5 Å². The number of carbonyl (C=O) groups is 2. The van der Waals surface area contributed by atoms with Crippen molar-refractivity contribution in [2.45, 2.75) is 51.6 Å². The smallest absolute Gasteiger partial charge is 0.391 e. The second kappa shape index (κ2) is 10.4. The van der Waals surface area contributed by atoms with Crippen molar-refractivity contribution < 1.29 is 33.1 Å². The van der Waals surface area contributed by atoms with E-state index in [0.29, 0.717) is 25.0 Å². The van der Waals surface area contributed by atoms with Gasteiger partial charge in [-0.15, -0.1) is 0 Å². The van der Waals surface area contributed by atoms with Crippen LogP contribution >= 0.6 is 7.67 Å². The number of benzene rings is 1. The monoisotopic (exact) mass is 469 g/mol. The molecule has 0 saturated heterocycles. The summed E-state index contributed by atoms with van der Waals surface area (Å²) in [5, 5.41) is 16.0. The zero-order valence-electron chi connectivity index (χ0n) is 18.0. The number of nitro benzene ring substituents is 1. The van der Waals surface area contributed by atoms with Gasteiger partial charge in [0.2, 0.25) is 0 Å². The highest BCUT2D eigenvalue weighted by molar-refractivity contribution is 7.55. The van der Waals surface area contributed by atoms with Crippen LogP contribution in [-0.2, 0) is 23.6 Å². The molecule has 2 N–H and O–H groups in total. The second-order valence-electron chi connectivity index (χ2n) is 8.24. The number of non-ortho nitro benzene ring substituents is 1. The topological polar surface area (TPSA) is 146 Å². The van der Waals surface area contributed by atoms with Crippen LogP contribution in [0.3, 0.4) is 0 Å². The second-order valence-corrected chi connectivity index (χ2v) is 10.0. The number of hydrogen-bond donors (Lipinski definition) is 2. The molecule has 2 atom stereocenters. The molecule has 0 aromatic heterocycles. The molecule has 0 radical (unpaired) electrons. The van der Waals surface area contributed by atoms with Crippen LogP contribution in [0.4, 0.5) is 5.69 Å². The van der Waals surface area contributed by atoms with Crippen molar-refractivity contribution in [3.05, 3.63) is 34.4 Å². The zero-order valence-corrected chi connectivity index (χ0v) is 18.9. The van der Waals surface area contributed by atoms with Crippen molar-refractivity contribution in [1.82, 2.24) is 10.2 Å². The number of nitro groups is 1. The minimum atomic E-state index is -4.04. The van der Waals surface area contributed by atoms with Crippen LogP contribution in [0, 0.1) is 22.0 Å². The molecular formula is C20H28N3O8P. The molecule has 0 aliphatic heterocycles. The highest BCUT2D eigenvalue weighted by Gasteiger charge is 2.35. The average Bonchev–Trinajstić information content (AvgIpc) is 3.65. The molecule has 11 nitrogen and oxygen atoms in total. The summed E-state index contributed by atoms with van der Waals surface area (Å²) in [6, 6.07) is 2.95. The van der Waals surface area contributed by atoms with Crippen molar-refractivity contribution >= 4 is 25.3 Å². The molecule has 12 heteroatoms. The van der Waals surface area contributed by atoms with Gasteiger partial charge in [-0.1, -0.05) is 0 Å². The van der Waals surface area contributed by atoms with Gasteiger partial charge in [-0.25, -0.2) is 14.7 Å². The molecule has 2 aliphatic rings. The maximum absolute atomic E-state index is 13.5. The molecule has 0 amide bonds. The van der Waals surface area contributed by atoms with Crippen molar-refractivity contribution in [3.63, 3.8) is 0 Å². The van der Waals surface area contributed by atoms with E-state index in [9.17, 15) is 24.3 Å². The summed E-state index contributed by atoms with van der Waals surface area (Å²) >= 11 is 0. The van der Waals surface area contributed by atoms with Gasteiger partial charge in [0.05, 0.1) is 18.1 Å². The first kappa shape index (κ1) is 24.2. The van der Waals surface area contributed by atoms with E-state index >= 15 is 0 Å². The van der Waals surface area contributed by atoms with Crippen molar-refractivity contribution in [1.29, 1.82) is 0 Å². The molecule has 0 unspecified atom stereocenters. The number of esters is 2. The van der Waals surface area contributed by atoms with Gasteiger partial charge in [-0.3, -0.25) is 19.7 Å². The molecule has 0 spiro atoms. The third kappa shape index (κ3) is 7.58. The van der Waals surface area contributed by atoms with E-state index < -0.39 is 36.6 Å². The Bertz CT molecular complexity index is 845. The van der Waals surface area contributed by atoms with Crippen LogP contribution in [-0.4, -0.2) is 42.2 Å². The van der Waals surface area contributed by atoms with E-state index in [1.165, 1.54) is 38.1 Å². The number of ether oxygens (including phenoxy) is 2. The number of nitrogens with zero attached hydrogens (tertiary/aromatic N) is 1. The highest BCUT2D eigenvalue weighted by atomic mass is 31.2. The largest absolute Gasteiger partial charge is 0.464 e. The van der Waals surface area contributed by atoms with Gasteiger partial charge < -0.3 is 14.0 Å². The van der Waals surface area contributed by atoms with Crippen LogP contribution in [0.5, 0.6) is 5.75 Å². The molecule has 1 aromatic rings. The third-order valence-electron chi connectivity index (χ3n) is 5.03. The normalized spacial score (nSPS) is 17.8. The Morgan fingerprint density at radius 3 is 1.81 bits per heavy atom. The number of carbonyl (C=O) groups excluding carboxylic acids is 2. The van der Waals surface area contributed by atoms with Gasteiger partial charge >= 0.3 is 19.6 Å². The Kier molecular flexibility index (Phi) is 7.86. The summed E-state index contributed by atoms with van der Waals surface area (Å²) in [6.45, 7) is 3.54. The van der Waals surface area contributed by atoms with E-state index in [1.54, 1.807) is 0 Å². The first-order valence-corrected chi connectivity index (χ1v) is 12.2. The fraction of sp³-hybridized carbons (Fsp3) is 0.600. The summed E-state index contributed by atoms with van der Waals surface area (Å²) in [4.78, 5) is 34.8. The standard InChI is InChI=1S/C20H28N3O8P/c1-13(19(24)29-11-15-3-4-15)21-32(28,22-14(2)20(25)30-12-16-5-6-16)31-18-9-7-17(8-10-18)23(26)27/h7-10,13-16H,3-6,11-12H2,1-2H3,(H2,21,22,28)/t13-,14-/m0/s1. The molecule has 1 aromatic carbocycles. The van der Waals surface area contributed by atoms with E-state index in [0.717, 1.165) is 25.7 Å². The molecule has 176 valence electrons. The zero-order chi connectivity index (χ0) is 23.3. The highest BCUT2D eigenvalue weighted by Crippen LogP contribution is 2.41. The molecule has 3 rings (SSSR count). The van der Waals surface area contributed by atoms with Gasteiger partial charge in [-0.2, -0.15) is 0 Å². The fourth-order valence-corrected chi connectivity index (χ4v) is 4.53. The fourth-order valence-electron chi connectivity index (χ4n) is 2.70. The van der Waals surface area contributed by atoms with Crippen LogP contribution < -0.4 is 14.7 Å². The van der Waals surface area contributed by atoms with E-state index in [4.69, 9.17) is 14.0 Å². The summed E-state index contributed by atoms with van der Waals surface area (Å²) in [6.07, 6.45) is 4.05. The molecule has 2 aliphatic carbocycles. The van der Waals surface area contributed by atoms with Crippen LogP contribution in [0.25, 0.3) is 0 Å². The van der Waals surface area contributed by atoms with E-state index in [2.05, 4.69) is 10.2 Å². The van der Waals surface area contributed by atoms with Crippen molar-refractivity contribution in [3.8, 4) is 5.75 Å². The van der Waals surface area contributed by atoms with Crippen LogP contribution in [0.2, 0.25) is 0 Å². The summed E-state index contributed by atoms with van der Waals surface area (Å²) in [5.74, 6) is -0.413. The van der Waals surface area contributed by atoms with Gasteiger partial charge in [0.1, 0.15) is 17.8 Å². The number of rotatable bonds is 13. The molecule has 0 heterocycles. The SMILES string of the molecule is C[C@H](NP(=O)(N[C@@H](C)C(=O)OCC1CC1)Oc1ccc([N+](=O)[O-])cc1)C(=O)OCC1CC1. The predicted octanol–water partition coefficient (Wildman–Crippen LogP) is 2.94. The Balaban J connectivity index is 1.67. The molecule has 32 heavy (non-hydrogen) atoms. The Morgan fingerprint density at radius 1 is 1.00 bits per heavy atom. The van der Waals surface area contributed by atoms with E-state index in [-0.39, 0.29) is 11.4 Å². The summed E-state index contributed by atoms with van der Waals surface area (Å²) in [7, 11) is -4.04. The third-order valence-corrected chi connectivity index (χ3v) is 6.95. The maximum Gasteiger partial charge on any atom is 0.391 e. The first-order chi connectivity index (χ1) is 15.1. The average molecular weight is 469 g/mol. The molecule has 0 bridgehead atoms. The molecular weight excluding hydrogens is 441 g/mol. The Hall–Kier alpha value is -2.49. The minimum absolute atomic E-state index is 0.0519. The predicted molar refractivity (Wildman–Crippen MR) is 114 cm³/mol. The lowest BCUT2D eigenvalue weighted by Gasteiger charge is -2.26. The quantitative estimate of drug-likeness (QED) is 0.191. The number of hydrogen-bond acceptors (Lipinski definition) is 8. The first-order valence-electron chi connectivity index (χ1n) is 10.6. The summed E-state index contributed by atoms with van der Waals surface area (Å²) < 4.78 is 29.5. The maximum atomic E-state index is 13.5. The molecule has 2 saturated carbocycles. The van der Waals surface area contributed by atoms with Crippen molar-refractivity contribution in [2.75, 3.05) is 13.2 Å². The van der Waals surface area contributed by atoms with Gasteiger partial charge in [0.15, 0.2) is 0 Å². The molecule has 2 fully saturated rings. The van der Waals surface area contributed by atoms with Crippen molar-refractivity contribution in [2.24, 2.45) is 11.8 Å². The number of nitrogens with one attached hydrogen (secondary N) is 2. The lowest BCUT2D eigenvalue weighted by molar-refractivity contribution is -0.384. The Labute approximate surface area is 185 Å². The van der Waals surface area contributed by atoms with E-state index in [1.807, 2.05) is 0 Å². The van der Waals surface area contributed by atoms with Crippen LogP contribution in [0.15, 0.2) is 24.3 Å². The lowest BCUT2D eigenvalue weighted by atomic mass is 10.3. The summed E-state index contributed by atoms with van der Waals surface area (Å²) in [5.41, 5.74) is -0.165. The van der Waals surface area contributed by atoms with Gasteiger partial charge in [-0.05, 0) is 63.5 Å². The minimum Gasteiger partial charge on any atom is -0.464 e. The van der Waals surface area contributed by atoms with Gasteiger partial charge in [0.25, 0.3) is 5.69 Å². The lowest BCUT2D eigenvalue weighted by Crippen LogP contribution is -2.43. The Morgan fingerprint density at radius 2 is 1.44 bits per heavy atom.